The quantitative estimate of drug-likeness (QED) is 0.619. The fourth-order valence-electron chi connectivity index (χ4n) is 3.10. The molecule has 22 heavy (non-hydrogen) atoms. The number of rotatable bonds is 4. The van der Waals surface area contributed by atoms with Gasteiger partial charge in [0, 0.05) is 19.0 Å². The topological polar surface area (TPSA) is 99.5 Å². The molecule has 3 rings (SSSR count). The Labute approximate surface area is 129 Å². The SMILES string of the molecule is CC(O)N1CC(OC2=C(C(=O)O)C3OB(O)CCC3C=C2)C1. The molecule has 0 amide bonds. The third kappa shape index (κ3) is 2.92. The van der Waals surface area contributed by atoms with E-state index in [1.165, 1.54) is 0 Å². The van der Waals surface area contributed by atoms with E-state index < -0.39 is 25.4 Å². The summed E-state index contributed by atoms with van der Waals surface area (Å²) in [6.07, 6.45) is 3.42. The van der Waals surface area contributed by atoms with Gasteiger partial charge in [-0.1, -0.05) is 6.08 Å². The van der Waals surface area contributed by atoms with Crippen LogP contribution in [0.25, 0.3) is 0 Å². The minimum absolute atomic E-state index is 0.0443. The van der Waals surface area contributed by atoms with Gasteiger partial charge in [-0.2, -0.15) is 0 Å². The fourth-order valence-corrected chi connectivity index (χ4v) is 3.10. The van der Waals surface area contributed by atoms with Crippen molar-refractivity contribution in [2.75, 3.05) is 13.1 Å². The van der Waals surface area contributed by atoms with Gasteiger partial charge in [0.15, 0.2) is 0 Å². The van der Waals surface area contributed by atoms with Crippen molar-refractivity contribution in [3.63, 3.8) is 0 Å². The van der Waals surface area contributed by atoms with Crippen molar-refractivity contribution in [2.24, 2.45) is 5.92 Å². The molecule has 7 nitrogen and oxygen atoms in total. The van der Waals surface area contributed by atoms with Gasteiger partial charge >= 0.3 is 13.1 Å². The minimum atomic E-state index is -1.09. The van der Waals surface area contributed by atoms with Crippen molar-refractivity contribution >= 4 is 13.1 Å². The molecule has 3 unspecified atom stereocenters. The standard InChI is InChI=1S/C14H20BNO6/c1-8(17)16-6-10(7-16)21-11-3-2-9-4-5-15(20)22-13(9)12(11)14(18)19/h2-3,8-10,13,17,20H,4-7H2,1H3,(H,18,19). The number of carboxylic acids is 1. The van der Waals surface area contributed by atoms with E-state index in [-0.39, 0.29) is 23.4 Å². The van der Waals surface area contributed by atoms with Crippen LogP contribution in [0.1, 0.15) is 13.3 Å². The Morgan fingerprint density at radius 3 is 2.91 bits per heavy atom. The Kier molecular flexibility index (Phi) is 4.27. The molecule has 0 aromatic carbocycles. The van der Waals surface area contributed by atoms with E-state index in [2.05, 4.69) is 0 Å². The van der Waals surface area contributed by atoms with Crippen LogP contribution in [0.4, 0.5) is 0 Å². The molecule has 0 aromatic rings. The number of carboxylic acid groups (broad SMARTS) is 1. The van der Waals surface area contributed by atoms with Gasteiger partial charge in [0.05, 0.1) is 6.10 Å². The Morgan fingerprint density at radius 1 is 1.55 bits per heavy atom. The van der Waals surface area contributed by atoms with Crippen molar-refractivity contribution in [1.82, 2.24) is 4.90 Å². The Hall–Kier alpha value is -1.35. The summed E-state index contributed by atoms with van der Waals surface area (Å²) in [5, 5.41) is 28.5. The molecule has 0 bridgehead atoms. The summed E-state index contributed by atoms with van der Waals surface area (Å²) in [5.74, 6) is -0.842. The summed E-state index contributed by atoms with van der Waals surface area (Å²) >= 11 is 0. The van der Waals surface area contributed by atoms with Gasteiger partial charge in [0.1, 0.15) is 23.7 Å². The van der Waals surface area contributed by atoms with E-state index in [9.17, 15) is 20.0 Å². The zero-order chi connectivity index (χ0) is 15.9. The largest absolute Gasteiger partial charge is 0.487 e. The molecule has 2 saturated heterocycles. The Balaban J connectivity index is 1.74. The molecular formula is C14H20BNO6. The highest BCUT2D eigenvalue weighted by Crippen LogP contribution is 2.35. The average Bonchev–Trinajstić information content (AvgIpc) is 2.40. The first-order chi connectivity index (χ1) is 10.5. The molecule has 0 spiro atoms. The molecule has 2 heterocycles. The normalized spacial score (nSPS) is 30.8. The highest BCUT2D eigenvalue weighted by molar-refractivity contribution is 6.43. The average molecular weight is 309 g/mol. The summed E-state index contributed by atoms with van der Waals surface area (Å²) in [4.78, 5) is 13.4. The second-order valence-electron chi connectivity index (χ2n) is 6.02. The molecule has 3 N–H and O–H groups in total. The van der Waals surface area contributed by atoms with Gasteiger partial charge in [-0.15, -0.1) is 0 Å². The van der Waals surface area contributed by atoms with Crippen LogP contribution < -0.4 is 0 Å². The number of aliphatic carboxylic acids is 1. The van der Waals surface area contributed by atoms with Crippen LogP contribution in [0, 0.1) is 5.92 Å². The third-order valence-corrected chi connectivity index (χ3v) is 4.41. The van der Waals surface area contributed by atoms with Crippen LogP contribution in [-0.4, -0.2) is 64.8 Å². The van der Waals surface area contributed by atoms with Crippen molar-refractivity contribution in [3.8, 4) is 0 Å². The maximum Gasteiger partial charge on any atom is 0.454 e. The number of nitrogens with zero attached hydrogens (tertiary/aromatic N) is 1. The van der Waals surface area contributed by atoms with Crippen LogP contribution in [0.2, 0.25) is 6.32 Å². The first kappa shape index (κ1) is 15.5. The summed E-state index contributed by atoms with van der Waals surface area (Å²) in [6, 6.07) is 0. The first-order valence-electron chi connectivity index (χ1n) is 7.53. The Bertz CT molecular complexity index is 513. The predicted molar refractivity (Wildman–Crippen MR) is 77.7 cm³/mol. The number of allylic oxidation sites excluding steroid dienone is 1. The number of likely N-dealkylation sites (tertiary alicyclic amines) is 1. The number of aliphatic hydroxyl groups excluding tert-OH is 1. The number of hydrogen-bond donors (Lipinski definition) is 3. The van der Waals surface area contributed by atoms with Crippen LogP contribution in [0.15, 0.2) is 23.5 Å². The highest BCUT2D eigenvalue weighted by atomic mass is 16.5. The van der Waals surface area contributed by atoms with Crippen molar-refractivity contribution in [2.45, 2.75) is 38.1 Å². The molecular weight excluding hydrogens is 289 g/mol. The van der Waals surface area contributed by atoms with E-state index in [1.54, 1.807) is 13.0 Å². The molecule has 0 radical (unpaired) electrons. The molecule has 2 aliphatic heterocycles. The van der Waals surface area contributed by atoms with Gasteiger partial charge in [0.2, 0.25) is 0 Å². The summed E-state index contributed by atoms with van der Waals surface area (Å²) in [7, 11) is -0.933. The lowest BCUT2D eigenvalue weighted by molar-refractivity contribution is -0.135. The van der Waals surface area contributed by atoms with Crippen LogP contribution in [-0.2, 0) is 14.2 Å². The van der Waals surface area contributed by atoms with Crippen molar-refractivity contribution < 1.29 is 29.4 Å². The number of ether oxygens (including phenoxy) is 1. The second kappa shape index (κ2) is 6.04. The molecule has 3 aliphatic rings. The van der Waals surface area contributed by atoms with Crippen LogP contribution in [0.5, 0.6) is 0 Å². The molecule has 0 aromatic heterocycles. The first-order valence-corrected chi connectivity index (χ1v) is 7.53. The van der Waals surface area contributed by atoms with Crippen molar-refractivity contribution in [3.05, 3.63) is 23.5 Å². The van der Waals surface area contributed by atoms with Gasteiger partial charge < -0.3 is 24.6 Å². The molecule has 120 valence electrons. The lowest BCUT2D eigenvalue weighted by Crippen LogP contribution is -2.55. The van der Waals surface area contributed by atoms with E-state index in [1.807, 2.05) is 11.0 Å². The zero-order valence-electron chi connectivity index (χ0n) is 12.4. The second-order valence-corrected chi connectivity index (χ2v) is 6.02. The van der Waals surface area contributed by atoms with Gasteiger partial charge in [-0.3, -0.25) is 4.90 Å². The molecule has 0 saturated carbocycles. The van der Waals surface area contributed by atoms with Crippen LogP contribution in [0.3, 0.4) is 0 Å². The smallest absolute Gasteiger partial charge is 0.454 e. The van der Waals surface area contributed by atoms with Gasteiger partial charge in [0.25, 0.3) is 0 Å². The van der Waals surface area contributed by atoms with E-state index >= 15 is 0 Å². The summed E-state index contributed by atoms with van der Waals surface area (Å²) in [6.45, 7) is 2.79. The molecule has 8 heteroatoms. The van der Waals surface area contributed by atoms with Gasteiger partial charge in [-0.25, -0.2) is 4.79 Å². The van der Waals surface area contributed by atoms with E-state index in [4.69, 9.17) is 9.39 Å². The number of aliphatic hydroxyl groups is 1. The van der Waals surface area contributed by atoms with Crippen LogP contribution >= 0.6 is 0 Å². The zero-order valence-corrected chi connectivity index (χ0v) is 12.4. The number of carbonyl (C=O) groups is 1. The maximum absolute atomic E-state index is 11.6. The monoisotopic (exact) mass is 309 g/mol. The predicted octanol–water partition coefficient (Wildman–Crippen LogP) is -0.180. The van der Waals surface area contributed by atoms with E-state index in [0.29, 0.717) is 25.8 Å². The third-order valence-electron chi connectivity index (χ3n) is 4.41. The molecule has 3 atom stereocenters. The lowest BCUT2D eigenvalue weighted by Gasteiger charge is -2.42. The van der Waals surface area contributed by atoms with E-state index in [0.717, 1.165) is 0 Å². The molecule has 2 fully saturated rings. The highest BCUT2D eigenvalue weighted by Gasteiger charge is 2.41. The fraction of sp³-hybridized carbons (Fsp3) is 0.643. The Morgan fingerprint density at radius 2 is 2.27 bits per heavy atom. The number of hydrogen-bond acceptors (Lipinski definition) is 6. The number of fused-ring (bicyclic) bond motifs is 1. The minimum Gasteiger partial charge on any atom is -0.487 e. The molecule has 1 aliphatic carbocycles. The lowest BCUT2D eigenvalue weighted by atomic mass is 9.71. The van der Waals surface area contributed by atoms with Crippen molar-refractivity contribution in [1.29, 1.82) is 0 Å². The maximum atomic E-state index is 11.6. The summed E-state index contributed by atoms with van der Waals surface area (Å²) < 4.78 is 11.2. The summed E-state index contributed by atoms with van der Waals surface area (Å²) in [5.41, 5.74) is 0.0711. The van der Waals surface area contributed by atoms with Gasteiger partial charge in [-0.05, 0) is 25.7 Å².